The van der Waals surface area contributed by atoms with Crippen LogP contribution in [0.15, 0.2) is 0 Å². The van der Waals surface area contributed by atoms with Gasteiger partial charge in [-0.1, -0.05) is 0 Å². The summed E-state index contributed by atoms with van der Waals surface area (Å²) in [5.74, 6) is -5.89. The van der Waals surface area contributed by atoms with E-state index in [0.29, 0.717) is 0 Å². The molecule has 3 unspecified atom stereocenters. The average molecular weight is 1470 g/mol. The topological polar surface area (TPSA) is 774 Å². The van der Waals surface area contributed by atoms with Crippen LogP contribution >= 0.6 is 23.5 Å². The molecule has 50 heteroatoms. The third-order valence-corrected chi connectivity index (χ3v) is 18.1. The summed E-state index contributed by atoms with van der Waals surface area (Å²) in [4.78, 5) is 53.2. The number of rotatable bonds is 33. The van der Waals surface area contributed by atoms with Crippen LogP contribution in [0.4, 0.5) is 0 Å². The van der Waals surface area contributed by atoms with Gasteiger partial charge < -0.3 is 190 Å². The lowest BCUT2D eigenvalue weighted by Crippen LogP contribution is -2.71. The number of hydrogen-bond acceptors (Lipinski definition) is 42. The van der Waals surface area contributed by atoms with Gasteiger partial charge in [0.1, 0.15) is 165 Å². The summed E-state index contributed by atoms with van der Waals surface area (Å²) in [6.07, 6.45) is -80.6. The molecule has 6 rings (SSSR count). The van der Waals surface area contributed by atoms with Crippen LogP contribution in [-0.4, -0.2) is 401 Å². The SMILES string of the molecule is NCCOP(=O)(O)O[C@@H](CO)[C@H]1O[C@H](O[C@@H]2[C@@H](O[C@@H]3[C@H](O)[C@@H](O[C@H]4[C@@H]([C@H](O)CO)OC(O)(C(=O)O)C[C@H]4OP(=O)(O)O)O[C@H]([C@@H](O)CO)[C@H]3O[C@@H]3O[C@H](CO)[C@@H](O[C@@H]4O[C@H](CO)[C@H](O)[C@H](O)[C@H]4O)[C@H](O)[C@H]3O)O[C@H]([C@H](CO)OP(=O)(O)OCCN)[C@@H](O)[C@@H]2O)[C@@H](O)[C@@H](O)[C@@H]1O. The number of carboxylic acids is 1. The van der Waals surface area contributed by atoms with Gasteiger partial charge in [-0.05, 0) is 0 Å². The Hall–Kier alpha value is -1.52. The number of carboxylic acid groups (broad SMARTS) is 1. The highest BCUT2D eigenvalue weighted by Gasteiger charge is 2.62. The Kier molecular flexibility index (Phi) is 30.5. The second-order valence-corrected chi connectivity index (χ2v) is 26.1. The normalized spacial score (nSPS) is 44.1. The van der Waals surface area contributed by atoms with Gasteiger partial charge in [-0.3, -0.25) is 22.6 Å². The highest BCUT2D eigenvalue weighted by atomic mass is 31.2. The van der Waals surface area contributed by atoms with Crippen molar-refractivity contribution >= 4 is 29.4 Å². The molecule has 6 fully saturated rings. The predicted octanol–water partition coefficient (Wildman–Crippen LogP) is -15.9. The lowest BCUT2D eigenvalue weighted by atomic mass is 9.91. The Balaban J connectivity index is 1.52. The summed E-state index contributed by atoms with van der Waals surface area (Å²) in [6, 6.07) is 0. The quantitative estimate of drug-likeness (QED) is 0.0271. The van der Waals surface area contributed by atoms with E-state index in [1.807, 2.05) is 0 Å². The van der Waals surface area contributed by atoms with Crippen molar-refractivity contribution in [3.63, 3.8) is 0 Å². The first-order valence-corrected chi connectivity index (χ1v) is 33.1. The van der Waals surface area contributed by atoms with Crippen LogP contribution in [0, 0.1) is 0 Å². The van der Waals surface area contributed by atoms with E-state index in [0.717, 1.165) is 0 Å². The molecule has 6 heterocycles. The van der Waals surface area contributed by atoms with Crippen LogP contribution in [0.1, 0.15) is 6.42 Å². The maximum Gasteiger partial charge on any atom is 0.472 e. The summed E-state index contributed by atoms with van der Waals surface area (Å²) in [5.41, 5.74) is 10.7. The van der Waals surface area contributed by atoms with Gasteiger partial charge in [-0.2, -0.15) is 0 Å². The molecule has 558 valence electrons. The summed E-state index contributed by atoms with van der Waals surface area (Å²) >= 11 is 0. The van der Waals surface area contributed by atoms with Crippen molar-refractivity contribution in [3.8, 4) is 0 Å². The van der Waals surface area contributed by atoms with E-state index in [1.54, 1.807) is 0 Å². The zero-order valence-electron chi connectivity index (χ0n) is 49.1. The molecule has 0 aromatic carbocycles. The zero-order valence-corrected chi connectivity index (χ0v) is 51.8. The number of ether oxygens (including phenoxy) is 11. The second kappa shape index (κ2) is 35.1. The molecule has 0 amide bonds. The summed E-state index contributed by atoms with van der Waals surface area (Å²) < 4.78 is 126. The van der Waals surface area contributed by atoms with Gasteiger partial charge in [0.05, 0.1) is 52.9 Å². The molecule has 0 bridgehead atoms. The second-order valence-electron chi connectivity index (χ2n) is 22.1. The molecule has 35 atom stereocenters. The van der Waals surface area contributed by atoms with Gasteiger partial charge in [-0.25, -0.2) is 18.5 Å². The summed E-state index contributed by atoms with van der Waals surface area (Å²) in [7, 11) is -16.7. The Bertz CT molecular complexity index is 2520. The minimum atomic E-state index is -5.94. The number of phosphoric acid groups is 3. The molecule has 0 spiro atoms. The van der Waals surface area contributed by atoms with Gasteiger partial charge in [0.2, 0.25) is 0 Å². The Labute approximate surface area is 534 Å². The fourth-order valence-corrected chi connectivity index (χ4v) is 13.1. The standard InChI is InChI=1S/C45H83N2O45P3/c46-1-3-77-94(73,74)91-17(10-52)33-22(59)21(58)27(64)41(83-33)87-37-24(61)23(60)34(18(11-53)92-95(75,76)78-4-2-47)84-43(37)86-36-29(66)42(85-35-14(90-93(70,71)72)5-45(69,44(67)68)89-31(35)13(55)7-49)81-30(12(54)6-48)38(36)88-40-28(65)25(62)32(16(9-51)80-40)82-39-26(63)20(57)19(56)15(8-50)79-39/h12-43,48-66,69H,1-11,46-47H2,(H,67,68)(H,73,74)(H,75,76)(H2,70,71,72)/t12-,13+,14+,15+,16+,17-,18-,19-,20-,21-,22-,23-,24-,25+,26+,27-,28+,29-,30+,31+,32+,33+,34+,35+,36+,37-,38+,39-,40-,41+,42+,43+,45?/m0/s1. The van der Waals surface area contributed by atoms with E-state index in [2.05, 4.69) is 4.52 Å². The fourth-order valence-electron chi connectivity index (χ4n) is 10.7. The number of phosphoric ester groups is 3. The zero-order chi connectivity index (χ0) is 71.1. The third-order valence-electron chi connectivity index (χ3n) is 15.5. The molecule has 0 aliphatic carbocycles. The van der Waals surface area contributed by atoms with Gasteiger partial charge >= 0.3 is 29.4 Å². The first kappa shape index (κ1) is 82.4. The average Bonchev–Trinajstić information content (AvgIpc) is 0.766. The largest absolute Gasteiger partial charge is 0.477 e. The molecule has 95 heavy (non-hydrogen) atoms. The van der Waals surface area contributed by atoms with Crippen LogP contribution < -0.4 is 11.5 Å². The maximum absolute atomic E-state index is 13.1. The van der Waals surface area contributed by atoms with Crippen LogP contribution in [-0.2, 0) is 93.2 Å². The third kappa shape index (κ3) is 19.8. The molecule has 0 aromatic rings. The molecule has 0 radical (unpaired) electrons. The molecule has 6 saturated heterocycles. The Morgan fingerprint density at radius 3 is 1.35 bits per heavy atom. The first-order valence-electron chi connectivity index (χ1n) is 28.5. The molecule has 29 N–H and O–H groups in total. The van der Waals surface area contributed by atoms with Crippen molar-refractivity contribution in [3.05, 3.63) is 0 Å². The highest BCUT2D eigenvalue weighted by molar-refractivity contribution is 7.47. The van der Waals surface area contributed by atoms with E-state index < -0.39 is 297 Å². The van der Waals surface area contributed by atoms with Crippen molar-refractivity contribution < 1.29 is 220 Å². The number of aliphatic hydroxyl groups is 20. The van der Waals surface area contributed by atoms with Crippen molar-refractivity contribution in [2.45, 2.75) is 208 Å². The maximum atomic E-state index is 13.1. The molecule has 0 aromatic heterocycles. The molecule has 6 aliphatic heterocycles. The van der Waals surface area contributed by atoms with Crippen molar-refractivity contribution in [1.29, 1.82) is 0 Å². The van der Waals surface area contributed by atoms with Crippen LogP contribution in [0.3, 0.4) is 0 Å². The predicted molar refractivity (Wildman–Crippen MR) is 287 cm³/mol. The number of aliphatic hydroxyl groups excluding tert-OH is 19. The van der Waals surface area contributed by atoms with Crippen molar-refractivity contribution in [2.75, 3.05) is 65.9 Å². The molecule has 0 saturated carbocycles. The van der Waals surface area contributed by atoms with Crippen LogP contribution in [0.5, 0.6) is 0 Å². The number of aliphatic carboxylic acids is 1. The summed E-state index contributed by atoms with van der Waals surface area (Å²) in [5, 5.41) is 230. The lowest BCUT2D eigenvalue weighted by molar-refractivity contribution is -0.416. The van der Waals surface area contributed by atoms with E-state index in [-0.39, 0.29) is 6.54 Å². The van der Waals surface area contributed by atoms with E-state index in [4.69, 9.17) is 81.7 Å². The van der Waals surface area contributed by atoms with Gasteiger partial charge in [0.25, 0.3) is 5.79 Å². The first-order chi connectivity index (χ1) is 44.4. The minimum Gasteiger partial charge on any atom is -0.477 e. The molecule has 47 nitrogen and oxygen atoms in total. The van der Waals surface area contributed by atoms with E-state index in [1.165, 1.54) is 0 Å². The Morgan fingerprint density at radius 2 is 0.863 bits per heavy atom. The van der Waals surface area contributed by atoms with Gasteiger partial charge in [-0.15, -0.1) is 0 Å². The summed E-state index contributed by atoms with van der Waals surface area (Å²) in [6.45, 7) is -10.4. The lowest BCUT2D eigenvalue weighted by Gasteiger charge is -2.52. The highest BCUT2D eigenvalue weighted by Crippen LogP contribution is 2.49. The minimum absolute atomic E-state index is 0.376. The van der Waals surface area contributed by atoms with E-state index in [9.17, 15) is 145 Å². The van der Waals surface area contributed by atoms with Crippen LogP contribution in [0.2, 0.25) is 0 Å². The van der Waals surface area contributed by atoms with E-state index >= 15 is 0 Å². The molecule has 6 aliphatic rings. The fraction of sp³-hybridized carbons (Fsp3) is 0.978. The monoisotopic (exact) mass is 1460 g/mol. The van der Waals surface area contributed by atoms with Gasteiger partial charge in [0, 0.05) is 19.5 Å². The molecular formula is C45H83N2O45P3. The number of nitrogens with two attached hydrogens (primary N) is 2. The Morgan fingerprint density at radius 1 is 0.463 bits per heavy atom. The molecular weight excluding hydrogens is 1380 g/mol. The van der Waals surface area contributed by atoms with Crippen molar-refractivity contribution in [1.82, 2.24) is 0 Å². The number of carbonyl (C=O) groups is 1. The van der Waals surface area contributed by atoms with Gasteiger partial charge in [0.15, 0.2) is 31.5 Å². The number of hydrogen-bond donors (Lipinski definition) is 27. The van der Waals surface area contributed by atoms with Crippen molar-refractivity contribution in [2.24, 2.45) is 11.5 Å². The smallest absolute Gasteiger partial charge is 0.472 e. The van der Waals surface area contributed by atoms with Crippen LogP contribution in [0.25, 0.3) is 0 Å².